The zero-order valence-corrected chi connectivity index (χ0v) is 13.8. The highest BCUT2D eigenvalue weighted by Crippen LogP contribution is 2.24. The lowest BCUT2D eigenvalue weighted by atomic mass is 9.83. The van der Waals surface area contributed by atoms with Gasteiger partial charge in [0, 0.05) is 6.42 Å². The van der Waals surface area contributed by atoms with E-state index in [0.29, 0.717) is 0 Å². The van der Waals surface area contributed by atoms with Crippen molar-refractivity contribution >= 4 is 12.1 Å². The fourth-order valence-corrected chi connectivity index (χ4v) is 2.11. The zero-order valence-electron chi connectivity index (χ0n) is 13.8. The van der Waals surface area contributed by atoms with Crippen molar-refractivity contribution in [2.24, 2.45) is 5.41 Å². The number of hydrogen-bond donors (Lipinski definition) is 3. The van der Waals surface area contributed by atoms with Gasteiger partial charge in [0.05, 0.1) is 12.1 Å². The number of carboxylic acid groups (broad SMARTS) is 1. The Hall–Kier alpha value is -2.08. The quantitative estimate of drug-likeness (QED) is 0.716. The van der Waals surface area contributed by atoms with E-state index in [0.717, 1.165) is 5.56 Å². The molecule has 1 aromatic rings. The number of aliphatic carboxylic acids is 1. The fourth-order valence-electron chi connectivity index (χ4n) is 2.11. The van der Waals surface area contributed by atoms with E-state index in [1.165, 1.54) is 0 Å². The smallest absolute Gasteiger partial charge is 0.407 e. The molecule has 0 radical (unpaired) electrons. The first-order valence-electron chi connectivity index (χ1n) is 7.57. The van der Waals surface area contributed by atoms with Crippen LogP contribution in [0.25, 0.3) is 0 Å². The van der Waals surface area contributed by atoms with Crippen molar-refractivity contribution in [3.05, 3.63) is 35.9 Å². The topological polar surface area (TPSA) is 95.9 Å². The van der Waals surface area contributed by atoms with Crippen LogP contribution in [0, 0.1) is 5.41 Å². The van der Waals surface area contributed by atoms with Gasteiger partial charge in [-0.05, 0) is 17.4 Å². The number of carboxylic acids is 1. The highest BCUT2D eigenvalue weighted by atomic mass is 16.5. The van der Waals surface area contributed by atoms with Crippen LogP contribution >= 0.6 is 0 Å². The number of carbonyl (C=O) groups excluding carboxylic acids is 1. The van der Waals surface area contributed by atoms with Crippen LogP contribution in [0.1, 0.15) is 39.2 Å². The van der Waals surface area contributed by atoms with Crippen LogP contribution in [0.15, 0.2) is 30.3 Å². The molecule has 1 unspecified atom stereocenters. The van der Waals surface area contributed by atoms with Crippen molar-refractivity contribution < 1.29 is 24.5 Å². The Bertz CT molecular complexity index is 509. The number of carbonyl (C=O) groups is 2. The van der Waals surface area contributed by atoms with Crippen LogP contribution in [0.5, 0.6) is 0 Å². The SMILES string of the molecule is CC(C)(C)C(O)[C@H](CCC(=O)O)NC(=O)OCc1ccccc1. The molecule has 6 nitrogen and oxygen atoms in total. The van der Waals surface area contributed by atoms with Gasteiger partial charge in [0.15, 0.2) is 0 Å². The third-order valence-electron chi connectivity index (χ3n) is 3.45. The maximum atomic E-state index is 11.9. The standard InChI is InChI=1S/C17H25NO5/c1-17(2,3)15(21)13(9-10-14(19)20)18-16(22)23-11-12-7-5-4-6-8-12/h4-8,13,15,21H,9-11H2,1-3H3,(H,18,22)(H,19,20)/t13-,15?/m0/s1. The van der Waals surface area contributed by atoms with E-state index in [1.807, 2.05) is 51.1 Å². The Morgan fingerprint density at radius 3 is 2.35 bits per heavy atom. The normalized spacial score (nSPS) is 13.9. The average Bonchev–Trinajstić information content (AvgIpc) is 2.48. The monoisotopic (exact) mass is 323 g/mol. The largest absolute Gasteiger partial charge is 0.481 e. The molecule has 0 fully saturated rings. The summed E-state index contributed by atoms with van der Waals surface area (Å²) in [6, 6.07) is 8.53. The van der Waals surface area contributed by atoms with Gasteiger partial charge in [-0.25, -0.2) is 4.79 Å². The third kappa shape index (κ3) is 7.15. The maximum Gasteiger partial charge on any atom is 0.407 e. The molecule has 1 aromatic carbocycles. The molecular weight excluding hydrogens is 298 g/mol. The Morgan fingerprint density at radius 1 is 1.22 bits per heavy atom. The first kappa shape index (κ1) is 19.0. The van der Waals surface area contributed by atoms with E-state index >= 15 is 0 Å². The Labute approximate surface area is 136 Å². The van der Waals surface area contributed by atoms with Crippen LogP contribution < -0.4 is 5.32 Å². The van der Waals surface area contributed by atoms with E-state index in [4.69, 9.17) is 9.84 Å². The Balaban J connectivity index is 2.60. The van der Waals surface area contributed by atoms with E-state index in [-0.39, 0.29) is 19.4 Å². The molecule has 1 rings (SSSR count). The van der Waals surface area contributed by atoms with Gasteiger partial charge in [0.25, 0.3) is 0 Å². The molecular formula is C17H25NO5. The molecule has 3 N–H and O–H groups in total. The summed E-state index contributed by atoms with van der Waals surface area (Å²) in [7, 11) is 0. The van der Waals surface area contributed by atoms with Crippen molar-refractivity contribution in [3.63, 3.8) is 0 Å². The van der Waals surface area contributed by atoms with Gasteiger partial charge in [-0.15, -0.1) is 0 Å². The van der Waals surface area contributed by atoms with Crippen molar-refractivity contribution in [1.82, 2.24) is 5.32 Å². The average molecular weight is 323 g/mol. The summed E-state index contributed by atoms with van der Waals surface area (Å²) in [5.74, 6) is -0.976. The summed E-state index contributed by atoms with van der Waals surface area (Å²) in [5, 5.41) is 21.7. The molecule has 0 heterocycles. The summed E-state index contributed by atoms with van der Waals surface area (Å²) in [5.41, 5.74) is 0.358. The molecule has 6 heteroatoms. The van der Waals surface area contributed by atoms with Gasteiger partial charge >= 0.3 is 12.1 Å². The molecule has 0 saturated heterocycles. The zero-order chi connectivity index (χ0) is 17.5. The minimum absolute atomic E-state index is 0.115. The van der Waals surface area contributed by atoms with Gasteiger partial charge in [-0.3, -0.25) is 4.79 Å². The lowest BCUT2D eigenvalue weighted by molar-refractivity contribution is -0.137. The van der Waals surface area contributed by atoms with Gasteiger partial charge in [-0.1, -0.05) is 51.1 Å². The highest BCUT2D eigenvalue weighted by Gasteiger charge is 2.32. The van der Waals surface area contributed by atoms with Crippen molar-refractivity contribution in [3.8, 4) is 0 Å². The number of aliphatic hydroxyl groups excluding tert-OH is 1. The minimum Gasteiger partial charge on any atom is -0.481 e. The first-order valence-corrected chi connectivity index (χ1v) is 7.57. The molecule has 128 valence electrons. The highest BCUT2D eigenvalue weighted by molar-refractivity contribution is 5.69. The molecule has 0 spiro atoms. The second-order valence-electron chi connectivity index (χ2n) is 6.56. The summed E-state index contributed by atoms with van der Waals surface area (Å²) in [6.07, 6.45) is -1.57. The molecule has 0 aliphatic rings. The van der Waals surface area contributed by atoms with Crippen LogP contribution in [0.3, 0.4) is 0 Å². The molecule has 2 atom stereocenters. The summed E-state index contributed by atoms with van der Waals surface area (Å²) >= 11 is 0. The second kappa shape index (κ2) is 8.53. The number of nitrogens with one attached hydrogen (secondary N) is 1. The number of rotatable bonds is 7. The number of aliphatic hydroxyl groups is 1. The number of alkyl carbamates (subject to hydrolysis) is 1. The molecule has 23 heavy (non-hydrogen) atoms. The summed E-state index contributed by atoms with van der Waals surface area (Å²) in [6.45, 7) is 5.58. The van der Waals surface area contributed by atoms with Crippen molar-refractivity contribution in [2.75, 3.05) is 0 Å². The summed E-state index contributed by atoms with van der Waals surface area (Å²) < 4.78 is 5.12. The van der Waals surface area contributed by atoms with Gasteiger partial charge in [-0.2, -0.15) is 0 Å². The number of ether oxygens (including phenoxy) is 1. The Morgan fingerprint density at radius 2 is 1.83 bits per heavy atom. The molecule has 0 aromatic heterocycles. The van der Waals surface area contributed by atoms with Crippen LogP contribution in [-0.2, 0) is 16.1 Å². The predicted molar refractivity (Wildman–Crippen MR) is 85.9 cm³/mol. The lowest BCUT2D eigenvalue weighted by Gasteiger charge is -2.33. The van der Waals surface area contributed by atoms with Crippen LogP contribution in [0.4, 0.5) is 4.79 Å². The van der Waals surface area contributed by atoms with E-state index < -0.39 is 29.6 Å². The van der Waals surface area contributed by atoms with Crippen molar-refractivity contribution in [2.45, 2.75) is 52.4 Å². The van der Waals surface area contributed by atoms with E-state index in [9.17, 15) is 14.7 Å². The van der Waals surface area contributed by atoms with E-state index in [1.54, 1.807) is 0 Å². The molecule has 0 aliphatic heterocycles. The summed E-state index contributed by atoms with van der Waals surface area (Å²) in [4.78, 5) is 22.7. The van der Waals surface area contributed by atoms with Gasteiger partial charge < -0.3 is 20.3 Å². The Kier molecular flexibility index (Phi) is 7.03. The van der Waals surface area contributed by atoms with Crippen molar-refractivity contribution in [1.29, 1.82) is 0 Å². The van der Waals surface area contributed by atoms with Crippen LogP contribution in [-0.4, -0.2) is 34.4 Å². The molecule has 1 amide bonds. The molecule has 0 bridgehead atoms. The fraction of sp³-hybridized carbons (Fsp3) is 0.529. The minimum atomic E-state index is -0.976. The second-order valence-corrected chi connectivity index (χ2v) is 6.56. The molecule has 0 saturated carbocycles. The maximum absolute atomic E-state index is 11.9. The van der Waals surface area contributed by atoms with Gasteiger partial charge in [0.2, 0.25) is 0 Å². The first-order chi connectivity index (χ1) is 10.7. The van der Waals surface area contributed by atoms with Crippen LogP contribution in [0.2, 0.25) is 0 Å². The molecule has 0 aliphatic carbocycles. The predicted octanol–water partition coefficient (Wildman–Crippen LogP) is 2.55. The van der Waals surface area contributed by atoms with Gasteiger partial charge in [0.1, 0.15) is 6.61 Å². The number of hydrogen-bond acceptors (Lipinski definition) is 4. The van der Waals surface area contributed by atoms with E-state index in [2.05, 4.69) is 5.32 Å². The lowest BCUT2D eigenvalue weighted by Crippen LogP contribution is -2.49. The number of benzene rings is 1. The third-order valence-corrected chi connectivity index (χ3v) is 3.45. The number of amides is 1.